The number of aliphatic imine (C=N–C) groups is 1. The van der Waals surface area contributed by atoms with Crippen molar-refractivity contribution in [1.29, 1.82) is 0 Å². The van der Waals surface area contributed by atoms with Gasteiger partial charge in [-0.25, -0.2) is 0 Å². The fourth-order valence-corrected chi connectivity index (χ4v) is 3.68. The zero-order valence-electron chi connectivity index (χ0n) is 19.6. The Hall–Kier alpha value is -2.55. The molecule has 0 aliphatic carbocycles. The van der Waals surface area contributed by atoms with Crippen LogP contribution in [-0.4, -0.2) is 42.0 Å². The third kappa shape index (κ3) is 6.72. The van der Waals surface area contributed by atoms with Crippen molar-refractivity contribution in [3.63, 3.8) is 0 Å². The fraction of sp³-hybridized carbons (Fsp3) is 0.360. The molecule has 1 unspecified atom stereocenters. The van der Waals surface area contributed by atoms with E-state index in [4.69, 9.17) is 4.74 Å². The molecule has 0 saturated carbocycles. The number of aryl methyl sites for hydroxylation is 2. The largest absolute Gasteiger partial charge is 0.491 e. The predicted molar refractivity (Wildman–Crippen MR) is 143 cm³/mol. The number of rotatable bonds is 8. The molecule has 0 fully saturated rings. The molecule has 32 heavy (non-hydrogen) atoms. The number of halogens is 1. The van der Waals surface area contributed by atoms with Crippen LogP contribution >= 0.6 is 24.0 Å². The van der Waals surface area contributed by atoms with Crippen LogP contribution in [0.2, 0.25) is 0 Å². The maximum absolute atomic E-state index is 6.07. The third-order valence-corrected chi connectivity index (χ3v) is 5.40. The van der Waals surface area contributed by atoms with Crippen LogP contribution in [0.15, 0.2) is 59.6 Å². The van der Waals surface area contributed by atoms with Gasteiger partial charge in [-0.1, -0.05) is 48.5 Å². The highest BCUT2D eigenvalue weighted by Gasteiger charge is 2.14. The van der Waals surface area contributed by atoms with E-state index in [0.29, 0.717) is 13.2 Å². The second kappa shape index (κ2) is 12.5. The summed E-state index contributed by atoms with van der Waals surface area (Å²) in [6, 6.07) is 18.7. The minimum Gasteiger partial charge on any atom is -0.491 e. The monoisotopic (exact) mass is 547 g/mol. The Morgan fingerprint density at radius 1 is 1.09 bits per heavy atom. The van der Waals surface area contributed by atoms with E-state index in [1.54, 1.807) is 7.05 Å². The molecule has 7 heteroatoms. The number of benzene rings is 2. The lowest BCUT2D eigenvalue weighted by Crippen LogP contribution is -2.44. The van der Waals surface area contributed by atoms with Crippen molar-refractivity contribution in [2.24, 2.45) is 12.0 Å². The summed E-state index contributed by atoms with van der Waals surface area (Å²) in [5.41, 5.74) is 5.83. The molecule has 0 radical (unpaired) electrons. The van der Waals surface area contributed by atoms with Crippen molar-refractivity contribution in [3.05, 3.63) is 71.5 Å². The number of aromatic nitrogens is 2. The van der Waals surface area contributed by atoms with Gasteiger partial charge in [0, 0.05) is 31.4 Å². The molecular formula is C25H34IN5O. The molecule has 172 valence electrons. The topological polar surface area (TPSA) is 63.5 Å². The molecule has 0 aliphatic rings. The first-order valence-corrected chi connectivity index (χ1v) is 10.7. The van der Waals surface area contributed by atoms with Crippen LogP contribution in [0.5, 0.6) is 5.75 Å². The minimum absolute atomic E-state index is 0. The summed E-state index contributed by atoms with van der Waals surface area (Å²) >= 11 is 0. The van der Waals surface area contributed by atoms with Gasteiger partial charge >= 0.3 is 0 Å². The molecule has 0 saturated heterocycles. The van der Waals surface area contributed by atoms with Gasteiger partial charge in [-0.2, -0.15) is 5.10 Å². The van der Waals surface area contributed by atoms with Crippen LogP contribution in [0.1, 0.15) is 23.9 Å². The Balaban J connectivity index is 0.00000363. The maximum Gasteiger partial charge on any atom is 0.191 e. The van der Waals surface area contributed by atoms with Crippen molar-refractivity contribution in [2.75, 3.05) is 20.2 Å². The number of ether oxygens (including phenoxy) is 1. The van der Waals surface area contributed by atoms with Crippen LogP contribution in [0.3, 0.4) is 0 Å². The molecule has 0 spiro atoms. The van der Waals surface area contributed by atoms with E-state index in [1.807, 2.05) is 48.1 Å². The molecule has 2 aromatic carbocycles. The first kappa shape index (κ1) is 25.7. The smallest absolute Gasteiger partial charge is 0.191 e. The molecule has 1 aromatic heterocycles. The Morgan fingerprint density at radius 2 is 1.78 bits per heavy atom. The zero-order valence-corrected chi connectivity index (χ0v) is 21.9. The summed E-state index contributed by atoms with van der Waals surface area (Å²) in [4.78, 5) is 4.35. The van der Waals surface area contributed by atoms with E-state index in [9.17, 15) is 0 Å². The molecule has 0 amide bonds. The normalized spacial score (nSPS) is 12.1. The number of hydrogen-bond acceptors (Lipinski definition) is 3. The lowest BCUT2D eigenvalue weighted by molar-refractivity contribution is 0.323. The van der Waals surface area contributed by atoms with E-state index in [1.165, 1.54) is 11.3 Å². The lowest BCUT2D eigenvalue weighted by atomic mass is 10.1. The Labute approximate surface area is 208 Å². The highest BCUT2D eigenvalue weighted by Crippen LogP contribution is 2.29. The molecule has 0 bridgehead atoms. The van der Waals surface area contributed by atoms with Gasteiger partial charge in [0.2, 0.25) is 0 Å². The van der Waals surface area contributed by atoms with Gasteiger partial charge in [-0.3, -0.25) is 9.67 Å². The summed E-state index contributed by atoms with van der Waals surface area (Å²) < 4.78 is 8.00. The van der Waals surface area contributed by atoms with Gasteiger partial charge in [-0.05, 0) is 44.4 Å². The van der Waals surface area contributed by atoms with E-state index >= 15 is 0 Å². The van der Waals surface area contributed by atoms with Gasteiger partial charge in [0.25, 0.3) is 0 Å². The number of nitrogens with zero attached hydrogens (tertiary/aromatic N) is 3. The molecule has 2 N–H and O–H groups in total. The predicted octanol–water partition coefficient (Wildman–Crippen LogP) is 4.50. The Bertz CT molecular complexity index is 1020. The molecule has 1 heterocycles. The van der Waals surface area contributed by atoms with Gasteiger partial charge in [0.15, 0.2) is 5.96 Å². The van der Waals surface area contributed by atoms with E-state index in [2.05, 4.69) is 59.7 Å². The maximum atomic E-state index is 6.07. The quantitative estimate of drug-likeness (QED) is 0.189. The van der Waals surface area contributed by atoms with Gasteiger partial charge in [0.05, 0.1) is 12.2 Å². The van der Waals surface area contributed by atoms with Crippen molar-refractivity contribution < 1.29 is 4.74 Å². The molecule has 3 aromatic rings. The second-order valence-corrected chi connectivity index (χ2v) is 7.73. The Morgan fingerprint density at radius 3 is 2.44 bits per heavy atom. The van der Waals surface area contributed by atoms with Crippen molar-refractivity contribution >= 4 is 29.9 Å². The summed E-state index contributed by atoms with van der Waals surface area (Å²) in [5.74, 6) is 1.65. The zero-order chi connectivity index (χ0) is 22.2. The number of hydrogen-bond donors (Lipinski definition) is 2. The highest BCUT2D eigenvalue weighted by molar-refractivity contribution is 14.0. The second-order valence-electron chi connectivity index (χ2n) is 7.73. The lowest BCUT2D eigenvalue weighted by Gasteiger charge is -2.18. The van der Waals surface area contributed by atoms with Crippen molar-refractivity contribution in [2.45, 2.75) is 33.2 Å². The molecule has 1 atom stereocenters. The van der Waals surface area contributed by atoms with Crippen molar-refractivity contribution in [3.8, 4) is 16.9 Å². The SMILES string of the molecule is CN=C(NCCOc1ccccc1-c1ccccc1)NC(C)Cc1c(C)nn(C)c1C.I. The average Bonchev–Trinajstić information content (AvgIpc) is 3.02. The van der Waals surface area contributed by atoms with E-state index in [0.717, 1.165) is 35.0 Å². The van der Waals surface area contributed by atoms with Crippen molar-refractivity contribution in [1.82, 2.24) is 20.4 Å². The molecular weight excluding hydrogens is 513 g/mol. The number of nitrogens with one attached hydrogen (secondary N) is 2. The van der Waals surface area contributed by atoms with Crippen LogP contribution in [0.4, 0.5) is 0 Å². The fourth-order valence-electron chi connectivity index (χ4n) is 3.68. The summed E-state index contributed by atoms with van der Waals surface area (Å²) in [6.45, 7) is 7.53. The summed E-state index contributed by atoms with van der Waals surface area (Å²) in [5, 5.41) is 11.3. The molecule has 3 rings (SSSR count). The van der Waals surface area contributed by atoms with Gasteiger partial charge < -0.3 is 15.4 Å². The van der Waals surface area contributed by atoms with Gasteiger partial charge in [-0.15, -0.1) is 24.0 Å². The minimum atomic E-state index is 0. The average molecular weight is 547 g/mol. The highest BCUT2D eigenvalue weighted by atomic mass is 127. The number of para-hydroxylation sites is 1. The van der Waals surface area contributed by atoms with Crippen LogP contribution in [0, 0.1) is 13.8 Å². The summed E-state index contributed by atoms with van der Waals surface area (Å²) in [7, 11) is 3.77. The summed E-state index contributed by atoms with van der Waals surface area (Å²) in [6.07, 6.45) is 0.896. The molecule has 6 nitrogen and oxygen atoms in total. The van der Waals surface area contributed by atoms with Crippen LogP contribution in [-0.2, 0) is 13.5 Å². The standard InChI is InChI=1S/C25H33N5O.HI/c1-18(17-23-19(2)29-30(5)20(23)3)28-25(26-4)27-15-16-31-24-14-10-9-13-22(24)21-11-7-6-8-12-21;/h6-14,18H,15-17H2,1-5H3,(H2,26,27,28);1H. The number of guanidine groups is 1. The Kier molecular flexibility index (Phi) is 10.0. The molecule has 0 aliphatic heterocycles. The first-order chi connectivity index (χ1) is 15.0. The first-order valence-electron chi connectivity index (χ1n) is 10.7. The van der Waals surface area contributed by atoms with Crippen LogP contribution in [0.25, 0.3) is 11.1 Å². The van der Waals surface area contributed by atoms with Gasteiger partial charge in [0.1, 0.15) is 12.4 Å². The third-order valence-electron chi connectivity index (χ3n) is 5.40. The van der Waals surface area contributed by atoms with E-state index < -0.39 is 0 Å². The van der Waals surface area contributed by atoms with Crippen LogP contribution < -0.4 is 15.4 Å². The van der Waals surface area contributed by atoms with E-state index in [-0.39, 0.29) is 30.0 Å².